The molecule has 1 aromatic rings. The van der Waals surface area contributed by atoms with Gasteiger partial charge in [0.25, 0.3) is 0 Å². The molecule has 1 aromatic heterocycles. The zero-order chi connectivity index (χ0) is 13.0. The minimum atomic E-state index is -0.361. The highest BCUT2D eigenvalue weighted by Gasteiger charge is 2.14. The van der Waals surface area contributed by atoms with Gasteiger partial charge in [0.15, 0.2) is 5.89 Å². The molecule has 1 unspecified atom stereocenters. The lowest BCUT2D eigenvalue weighted by Gasteiger charge is -2.31. The van der Waals surface area contributed by atoms with Crippen molar-refractivity contribution in [1.29, 1.82) is 0 Å². The molecule has 0 aliphatic carbocycles. The lowest BCUT2D eigenvalue weighted by Crippen LogP contribution is -2.45. The molecule has 0 saturated carbocycles. The van der Waals surface area contributed by atoms with Gasteiger partial charge in [-0.2, -0.15) is 0 Å². The summed E-state index contributed by atoms with van der Waals surface area (Å²) in [7, 11) is 2.16. The van der Waals surface area contributed by atoms with Crippen molar-refractivity contribution in [2.45, 2.75) is 25.9 Å². The van der Waals surface area contributed by atoms with Crippen molar-refractivity contribution in [2.24, 2.45) is 0 Å². The molecular formula is C13H23N3O2. The fraction of sp³-hybridized carbons (Fsp3) is 0.769. The van der Waals surface area contributed by atoms with Gasteiger partial charge >= 0.3 is 0 Å². The first-order valence-electron chi connectivity index (χ1n) is 6.65. The van der Waals surface area contributed by atoms with Crippen LogP contribution in [0.5, 0.6) is 0 Å². The molecule has 1 atom stereocenters. The van der Waals surface area contributed by atoms with Crippen LogP contribution in [0.2, 0.25) is 0 Å². The molecule has 1 aliphatic heterocycles. The molecule has 0 bridgehead atoms. The molecule has 102 valence electrons. The summed E-state index contributed by atoms with van der Waals surface area (Å²) in [6.45, 7) is 7.29. The molecule has 0 spiro atoms. The summed E-state index contributed by atoms with van der Waals surface area (Å²) in [5.41, 5.74) is 0.846. The molecule has 0 radical (unpaired) electrons. The molecular weight excluding hydrogens is 230 g/mol. The predicted octanol–water partition coefficient (Wildman–Crippen LogP) is 0.388. The number of hydrogen-bond donors (Lipinski definition) is 1. The van der Waals surface area contributed by atoms with Crippen LogP contribution in [-0.4, -0.2) is 65.8 Å². The van der Waals surface area contributed by atoms with E-state index in [0.717, 1.165) is 50.7 Å². The van der Waals surface area contributed by atoms with E-state index in [1.807, 2.05) is 0 Å². The van der Waals surface area contributed by atoms with E-state index in [-0.39, 0.29) is 6.10 Å². The van der Waals surface area contributed by atoms with Crippen LogP contribution in [0.3, 0.4) is 0 Å². The third-order valence-electron chi connectivity index (χ3n) is 3.34. The molecule has 1 saturated heterocycles. The van der Waals surface area contributed by atoms with Gasteiger partial charge in [0.1, 0.15) is 6.26 Å². The first-order chi connectivity index (χ1) is 8.63. The summed E-state index contributed by atoms with van der Waals surface area (Å²) in [6.07, 6.45) is 2.72. The van der Waals surface area contributed by atoms with Gasteiger partial charge in [0, 0.05) is 45.6 Å². The second kappa shape index (κ2) is 6.31. The summed E-state index contributed by atoms with van der Waals surface area (Å²) in [6, 6.07) is 0. The van der Waals surface area contributed by atoms with Gasteiger partial charge in [-0.3, -0.25) is 0 Å². The maximum absolute atomic E-state index is 9.28. The Morgan fingerprint density at radius 3 is 2.78 bits per heavy atom. The highest BCUT2D eigenvalue weighted by Crippen LogP contribution is 2.07. The highest BCUT2D eigenvalue weighted by atomic mass is 16.3. The molecule has 0 aromatic carbocycles. The molecule has 2 rings (SSSR count). The minimum Gasteiger partial charge on any atom is -0.449 e. The lowest BCUT2D eigenvalue weighted by atomic mass is 10.2. The third-order valence-corrected chi connectivity index (χ3v) is 3.34. The van der Waals surface area contributed by atoms with Gasteiger partial charge in [-0.1, -0.05) is 0 Å². The first-order valence-corrected chi connectivity index (χ1v) is 6.65. The van der Waals surface area contributed by atoms with Crippen molar-refractivity contribution < 1.29 is 9.52 Å². The van der Waals surface area contributed by atoms with Gasteiger partial charge in [-0.15, -0.1) is 0 Å². The van der Waals surface area contributed by atoms with Crippen LogP contribution in [0.4, 0.5) is 0 Å². The number of rotatable bonds is 5. The van der Waals surface area contributed by atoms with Crippen LogP contribution in [0, 0.1) is 0 Å². The number of piperazine rings is 1. The Kier molecular flexibility index (Phi) is 4.74. The van der Waals surface area contributed by atoms with Crippen LogP contribution in [0.1, 0.15) is 18.5 Å². The molecule has 18 heavy (non-hydrogen) atoms. The monoisotopic (exact) mass is 253 g/mol. The highest BCUT2D eigenvalue weighted by molar-refractivity contribution is 4.98. The van der Waals surface area contributed by atoms with Crippen LogP contribution in [0.25, 0.3) is 0 Å². The van der Waals surface area contributed by atoms with Crippen molar-refractivity contribution in [3.05, 3.63) is 17.8 Å². The molecule has 1 N–H and O–H groups in total. The topological polar surface area (TPSA) is 52.7 Å². The van der Waals surface area contributed by atoms with E-state index in [1.54, 1.807) is 13.2 Å². The summed E-state index contributed by atoms with van der Waals surface area (Å²) in [4.78, 5) is 9.18. The SMILES string of the molecule is CC(O)Cc1coc(CCN2CCN(C)CC2)n1. The zero-order valence-electron chi connectivity index (χ0n) is 11.3. The zero-order valence-corrected chi connectivity index (χ0v) is 11.3. The number of aliphatic hydroxyl groups excluding tert-OH is 1. The standard InChI is InChI=1S/C13H23N3O2/c1-11(17)9-12-10-18-13(14-12)3-4-16-7-5-15(2)6-8-16/h10-11,17H,3-9H2,1-2H3. The van der Waals surface area contributed by atoms with Gasteiger partial charge in [0.05, 0.1) is 11.8 Å². The Hall–Kier alpha value is -0.910. The number of nitrogens with zero attached hydrogens (tertiary/aromatic N) is 3. The normalized spacial score (nSPS) is 20.2. The largest absolute Gasteiger partial charge is 0.449 e. The van der Waals surface area contributed by atoms with E-state index < -0.39 is 0 Å². The van der Waals surface area contributed by atoms with E-state index in [9.17, 15) is 5.11 Å². The average Bonchev–Trinajstić information content (AvgIpc) is 2.75. The maximum Gasteiger partial charge on any atom is 0.195 e. The maximum atomic E-state index is 9.28. The van der Waals surface area contributed by atoms with E-state index in [1.165, 1.54) is 0 Å². The molecule has 2 heterocycles. The van der Waals surface area contributed by atoms with Crippen molar-refractivity contribution in [1.82, 2.24) is 14.8 Å². The molecule has 0 amide bonds. The number of hydrogen-bond acceptors (Lipinski definition) is 5. The summed E-state index contributed by atoms with van der Waals surface area (Å²) in [5.74, 6) is 0.782. The van der Waals surface area contributed by atoms with E-state index in [0.29, 0.717) is 6.42 Å². The van der Waals surface area contributed by atoms with Crippen molar-refractivity contribution in [3.63, 3.8) is 0 Å². The minimum absolute atomic E-state index is 0.361. The first kappa shape index (κ1) is 13.5. The Balaban J connectivity index is 1.74. The lowest BCUT2D eigenvalue weighted by molar-refractivity contribution is 0.153. The van der Waals surface area contributed by atoms with E-state index in [4.69, 9.17) is 4.42 Å². The molecule has 5 heteroatoms. The van der Waals surface area contributed by atoms with Crippen LogP contribution < -0.4 is 0 Å². The van der Waals surface area contributed by atoms with E-state index in [2.05, 4.69) is 21.8 Å². The molecule has 1 fully saturated rings. The summed E-state index contributed by atoms with van der Waals surface area (Å²) in [5, 5.41) is 9.28. The number of likely N-dealkylation sites (N-methyl/N-ethyl adjacent to an activating group) is 1. The second-order valence-electron chi connectivity index (χ2n) is 5.18. The van der Waals surface area contributed by atoms with Crippen LogP contribution >= 0.6 is 0 Å². The Labute approximate surface area is 108 Å². The number of oxazole rings is 1. The van der Waals surface area contributed by atoms with Crippen LogP contribution in [0.15, 0.2) is 10.7 Å². The van der Waals surface area contributed by atoms with Gasteiger partial charge in [-0.05, 0) is 14.0 Å². The van der Waals surface area contributed by atoms with E-state index >= 15 is 0 Å². The predicted molar refractivity (Wildman–Crippen MR) is 69.5 cm³/mol. The van der Waals surface area contributed by atoms with Crippen molar-refractivity contribution >= 4 is 0 Å². The second-order valence-corrected chi connectivity index (χ2v) is 5.18. The summed E-state index contributed by atoms with van der Waals surface area (Å²) < 4.78 is 5.42. The fourth-order valence-corrected chi connectivity index (χ4v) is 2.19. The quantitative estimate of drug-likeness (QED) is 0.822. The third kappa shape index (κ3) is 4.08. The Bertz CT molecular complexity index is 357. The van der Waals surface area contributed by atoms with Gasteiger partial charge in [0.2, 0.25) is 0 Å². The van der Waals surface area contributed by atoms with Crippen molar-refractivity contribution in [2.75, 3.05) is 39.8 Å². The molecule has 1 aliphatic rings. The van der Waals surface area contributed by atoms with Crippen LogP contribution in [-0.2, 0) is 12.8 Å². The smallest absolute Gasteiger partial charge is 0.195 e. The molecule has 5 nitrogen and oxygen atoms in total. The number of aromatic nitrogens is 1. The van der Waals surface area contributed by atoms with Gasteiger partial charge in [-0.25, -0.2) is 4.98 Å². The number of aliphatic hydroxyl groups is 1. The summed E-state index contributed by atoms with van der Waals surface area (Å²) >= 11 is 0. The Morgan fingerprint density at radius 2 is 2.11 bits per heavy atom. The Morgan fingerprint density at radius 1 is 1.39 bits per heavy atom. The van der Waals surface area contributed by atoms with Gasteiger partial charge < -0.3 is 19.3 Å². The average molecular weight is 253 g/mol. The van der Waals surface area contributed by atoms with Crippen molar-refractivity contribution in [3.8, 4) is 0 Å². The fourth-order valence-electron chi connectivity index (χ4n) is 2.19.